The molecule has 0 amide bonds. The average Bonchev–Trinajstić information content (AvgIpc) is 4.11. The normalized spacial score (nSPS) is 13.7. The van der Waals surface area contributed by atoms with Crippen LogP contribution in [0.2, 0.25) is 0 Å². The van der Waals surface area contributed by atoms with Crippen molar-refractivity contribution < 1.29 is 4.74 Å². The van der Waals surface area contributed by atoms with Crippen molar-refractivity contribution in [1.82, 2.24) is 9.55 Å². The summed E-state index contributed by atoms with van der Waals surface area (Å²) in [6.45, 7) is 2.75. The Balaban J connectivity index is 0.919. The molecule has 9 aromatic carbocycles. The minimum absolute atomic E-state index is 0.507. The first-order chi connectivity index (χ1) is 33.1. The van der Waals surface area contributed by atoms with Crippen LogP contribution < -0.4 is 14.5 Å². The van der Waals surface area contributed by atoms with E-state index in [1.165, 1.54) is 72.1 Å². The van der Waals surface area contributed by atoms with Gasteiger partial charge < -0.3 is 14.5 Å². The van der Waals surface area contributed by atoms with Gasteiger partial charge in [0.1, 0.15) is 24.0 Å². The molecule has 3 heterocycles. The molecule has 2 aromatic heterocycles. The first-order valence-corrected chi connectivity index (χ1v) is 23.1. The zero-order valence-corrected chi connectivity index (χ0v) is 36.8. The first kappa shape index (κ1) is 37.7. The van der Waals surface area contributed by atoms with E-state index in [1.54, 1.807) is 0 Å². The smallest absolute Gasteiger partial charge is 0.137 e. The number of pyridine rings is 1. The Morgan fingerprint density at radius 2 is 1.03 bits per heavy atom. The van der Waals surface area contributed by atoms with Crippen LogP contribution in [0.5, 0.6) is 11.5 Å². The zero-order chi connectivity index (χ0) is 44.2. The van der Waals surface area contributed by atoms with Gasteiger partial charge in [-0.25, -0.2) is 4.98 Å². The van der Waals surface area contributed by atoms with Gasteiger partial charge in [0, 0.05) is 45.9 Å². The molecule has 2 aliphatic carbocycles. The van der Waals surface area contributed by atoms with Crippen molar-refractivity contribution in [3.05, 3.63) is 252 Å². The van der Waals surface area contributed by atoms with Crippen LogP contribution in [0.4, 0.5) is 22.7 Å². The van der Waals surface area contributed by atoms with Crippen molar-refractivity contribution in [2.75, 3.05) is 16.5 Å². The molecule has 0 saturated heterocycles. The number of fused-ring (bicyclic) bond motifs is 8. The summed E-state index contributed by atoms with van der Waals surface area (Å²) in [7, 11) is 0. The van der Waals surface area contributed by atoms with Crippen molar-refractivity contribution in [1.29, 1.82) is 0 Å². The van der Waals surface area contributed by atoms with Crippen molar-refractivity contribution in [3.8, 4) is 50.7 Å². The molecule has 3 aliphatic rings. The third-order valence-electron chi connectivity index (χ3n) is 14.3. The van der Waals surface area contributed by atoms with Crippen LogP contribution in [0.15, 0.2) is 225 Å². The number of benzene rings is 9. The largest absolute Gasteiger partial charge is 0.457 e. The minimum Gasteiger partial charge on any atom is -0.457 e. The third kappa shape index (κ3) is 5.40. The van der Waals surface area contributed by atoms with E-state index in [0.717, 1.165) is 51.0 Å². The van der Waals surface area contributed by atoms with Gasteiger partial charge in [-0.1, -0.05) is 158 Å². The fraction of sp³-hybridized carbons (Fsp3) is 0.0484. The number of anilines is 4. The van der Waals surface area contributed by atoms with E-state index in [2.05, 4.69) is 240 Å². The van der Waals surface area contributed by atoms with Gasteiger partial charge in [-0.2, -0.15) is 0 Å². The Morgan fingerprint density at radius 3 is 1.73 bits per heavy atom. The summed E-state index contributed by atoms with van der Waals surface area (Å²) >= 11 is 0. The Bertz CT molecular complexity index is 3690. The monoisotopic (exact) mass is 858 g/mol. The second-order valence-electron chi connectivity index (χ2n) is 18.0. The summed E-state index contributed by atoms with van der Waals surface area (Å²) in [6.07, 6.45) is 1.91. The highest BCUT2D eigenvalue weighted by molar-refractivity contribution is 6.19. The quantitative estimate of drug-likeness (QED) is 0.160. The SMILES string of the molecule is Cc1ccnc(-n2c3cccc4c3c3c(cc(Oc5cccc(N6CN(c7c(-c8ccccc8)cccc7-c7ccccc7)c7ccccc76)c5)cc32)C42c3ccccc3-c3ccccc32)c1. The average molecular weight is 859 g/mol. The molecule has 1 spiro atoms. The summed E-state index contributed by atoms with van der Waals surface area (Å²) in [5, 5.41) is 2.53. The van der Waals surface area contributed by atoms with Gasteiger partial charge in [0.25, 0.3) is 0 Å². The molecule has 0 atom stereocenters. The Labute approximate surface area is 389 Å². The van der Waals surface area contributed by atoms with E-state index < -0.39 is 5.41 Å². The number of aromatic nitrogens is 2. The highest BCUT2D eigenvalue weighted by atomic mass is 16.5. The fourth-order valence-corrected chi connectivity index (χ4v) is 11.7. The first-order valence-electron chi connectivity index (χ1n) is 23.1. The molecule has 5 heteroatoms. The Morgan fingerprint density at radius 1 is 0.448 bits per heavy atom. The van der Waals surface area contributed by atoms with Crippen LogP contribution >= 0.6 is 0 Å². The number of ether oxygens (including phenoxy) is 1. The van der Waals surface area contributed by atoms with E-state index in [0.29, 0.717) is 6.67 Å². The number of hydrogen-bond acceptors (Lipinski definition) is 4. The van der Waals surface area contributed by atoms with Crippen LogP contribution in [0.25, 0.3) is 61.0 Å². The molecular weight excluding hydrogens is 817 g/mol. The second-order valence-corrected chi connectivity index (χ2v) is 18.0. The summed E-state index contributed by atoms with van der Waals surface area (Å²) < 4.78 is 9.52. The van der Waals surface area contributed by atoms with Crippen LogP contribution in [-0.4, -0.2) is 16.2 Å². The maximum absolute atomic E-state index is 7.18. The van der Waals surface area contributed by atoms with Crippen LogP contribution in [0, 0.1) is 6.92 Å². The number of aryl methyl sites for hydroxylation is 1. The van der Waals surface area contributed by atoms with Crippen LogP contribution in [0.1, 0.15) is 27.8 Å². The van der Waals surface area contributed by atoms with E-state index in [-0.39, 0.29) is 0 Å². The molecule has 5 nitrogen and oxygen atoms in total. The van der Waals surface area contributed by atoms with Crippen LogP contribution in [-0.2, 0) is 5.41 Å². The van der Waals surface area contributed by atoms with Crippen LogP contribution in [0.3, 0.4) is 0 Å². The van der Waals surface area contributed by atoms with Gasteiger partial charge >= 0.3 is 0 Å². The molecule has 316 valence electrons. The fourth-order valence-electron chi connectivity index (χ4n) is 11.7. The highest BCUT2D eigenvalue weighted by Gasteiger charge is 2.52. The molecular formula is C62H42N4O. The molecule has 0 saturated carbocycles. The van der Waals surface area contributed by atoms with Gasteiger partial charge in [-0.15, -0.1) is 0 Å². The maximum Gasteiger partial charge on any atom is 0.137 e. The second kappa shape index (κ2) is 14.4. The van der Waals surface area contributed by atoms with E-state index in [4.69, 9.17) is 9.72 Å². The highest BCUT2D eigenvalue weighted by Crippen LogP contribution is 2.63. The zero-order valence-electron chi connectivity index (χ0n) is 36.8. The van der Waals surface area contributed by atoms with Gasteiger partial charge in [-0.05, 0) is 106 Å². The minimum atomic E-state index is -0.507. The van der Waals surface area contributed by atoms with Gasteiger partial charge in [0.05, 0.1) is 33.5 Å². The van der Waals surface area contributed by atoms with Crippen molar-refractivity contribution in [3.63, 3.8) is 0 Å². The lowest BCUT2D eigenvalue weighted by molar-refractivity contribution is 0.482. The van der Waals surface area contributed by atoms with Crippen molar-refractivity contribution in [2.24, 2.45) is 0 Å². The molecule has 0 radical (unpaired) electrons. The number of nitrogens with zero attached hydrogens (tertiary/aromatic N) is 4. The third-order valence-corrected chi connectivity index (χ3v) is 14.3. The predicted molar refractivity (Wildman–Crippen MR) is 274 cm³/mol. The standard InChI is InChI=1S/C62H42N4O/c1-40-33-34-63-58(35-40)66-56-32-16-29-52-59(56)60-53(62(52)50-27-10-8-23-48(50)49-24-9-11-28-51(49)62)37-45(38-57(60)66)67-44-22-14-21-43(36-44)64-39-65(55-31-13-12-30-54(55)64)61-46(41-17-4-2-5-18-41)25-15-26-47(61)42-19-6-3-7-20-42/h2-38H,39H2,1H3. The Hall–Kier alpha value is -8.67. The van der Waals surface area contributed by atoms with E-state index in [9.17, 15) is 0 Å². The summed E-state index contributed by atoms with van der Waals surface area (Å²) in [6, 6.07) is 79.0. The molecule has 0 N–H and O–H groups in total. The molecule has 0 bridgehead atoms. The number of para-hydroxylation sites is 3. The van der Waals surface area contributed by atoms with Crippen molar-refractivity contribution in [2.45, 2.75) is 12.3 Å². The summed E-state index contributed by atoms with van der Waals surface area (Å²) in [5.74, 6) is 2.44. The molecule has 0 fully saturated rings. The molecule has 67 heavy (non-hydrogen) atoms. The predicted octanol–water partition coefficient (Wildman–Crippen LogP) is 15.5. The number of rotatable bonds is 7. The number of hydrogen-bond donors (Lipinski definition) is 0. The molecule has 14 rings (SSSR count). The lowest BCUT2D eigenvalue weighted by Gasteiger charge is -2.31. The molecule has 11 aromatic rings. The van der Waals surface area contributed by atoms with E-state index >= 15 is 0 Å². The lowest BCUT2D eigenvalue weighted by Crippen LogP contribution is -2.26. The van der Waals surface area contributed by atoms with Gasteiger partial charge in [-0.3, -0.25) is 4.57 Å². The summed E-state index contributed by atoms with van der Waals surface area (Å²) in [4.78, 5) is 9.85. The lowest BCUT2D eigenvalue weighted by atomic mass is 9.70. The summed E-state index contributed by atoms with van der Waals surface area (Å²) in [5.41, 5.74) is 19.9. The maximum atomic E-state index is 7.18. The molecule has 1 aliphatic heterocycles. The molecule has 0 unspecified atom stereocenters. The topological polar surface area (TPSA) is 33.5 Å². The Kier molecular flexibility index (Phi) is 8.11. The van der Waals surface area contributed by atoms with Gasteiger partial charge in [0.15, 0.2) is 0 Å². The van der Waals surface area contributed by atoms with E-state index in [1.807, 2.05) is 6.20 Å². The van der Waals surface area contributed by atoms with Gasteiger partial charge in [0.2, 0.25) is 0 Å². The van der Waals surface area contributed by atoms with Crippen molar-refractivity contribution >= 4 is 44.6 Å².